The molecule has 0 atom stereocenters. The first-order chi connectivity index (χ1) is 10.1. The van der Waals surface area contributed by atoms with Gasteiger partial charge < -0.3 is 10.6 Å². The zero-order chi connectivity index (χ0) is 15.4. The molecule has 0 unspecified atom stereocenters. The highest BCUT2D eigenvalue weighted by atomic mass is 32.2. The van der Waals surface area contributed by atoms with Crippen LogP contribution >= 0.6 is 24.0 Å². The van der Waals surface area contributed by atoms with E-state index in [2.05, 4.69) is 56.1 Å². The molecule has 0 radical (unpaired) electrons. The number of benzene rings is 2. The van der Waals surface area contributed by atoms with Crippen molar-refractivity contribution in [2.45, 2.75) is 18.7 Å². The summed E-state index contributed by atoms with van der Waals surface area (Å²) < 4.78 is 0. The lowest BCUT2D eigenvalue weighted by Gasteiger charge is -2.25. The molecule has 0 fully saturated rings. The Morgan fingerprint density at radius 1 is 1.14 bits per heavy atom. The lowest BCUT2D eigenvalue weighted by molar-refractivity contribution is 1.17. The van der Waals surface area contributed by atoms with Gasteiger partial charge in [-0.1, -0.05) is 43.4 Å². The Labute approximate surface area is 136 Å². The molecular formula is C17H20N2S2. The molecule has 0 bridgehead atoms. The number of thioether (sulfide) groups is 1. The second-order valence-corrected chi connectivity index (χ2v) is 6.54. The van der Waals surface area contributed by atoms with Crippen molar-refractivity contribution in [3.8, 4) is 0 Å². The number of nitrogens with two attached hydrogens (primary N) is 1. The molecule has 0 saturated carbocycles. The van der Waals surface area contributed by atoms with Gasteiger partial charge in [0.1, 0.15) is 4.99 Å². The van der Waals surface area contributed by atoms with E-state index in [0.717, 1.165) is 27.6 Å². The number of hydrogen-bond donors (Lipinski definition) is 1. The molecule has 0 amide bonds. The molecule has 2 N–H and O–H groups in total. The first kappa shape index (κ1) is 15.9. The summed E-state index contributed by atoms with van der Waals surface area (Å²) in [7, 11) is 2.06. The highest BCUT2D eigenvalue weighted by Gasteiger charge is 2.16. The molecule has 21 heavy (non-hydrogen) atoms. The minimum atomic E-state index is 0.446. The van der Waals surface area contributed by atoms with Gasteiger partial charge in [0.05, 0.1) is 5.69 Å². The van der Waals surface area contributed by atoms with E-state index in [1.165, 1.54) is 5.56 Å². The number of nitrogens with zero attached hydrogens (tertiary/aromatic N) is 1. The fraction of sp³-hybridized carbons (Fsp3) is 0.235. The smallest absolute Gasteiger partial charge is 0.107 e. The fourth-order valence-electron chi connectivity index (χ4n) is 2.39. The largest absolute Gasteiger partial charge is 0.389 e. The van der Waals surface area contributed by atoms with Crippen molar-refractivity contribution in [2.75, 3.05) is 17.7 Å². The first-order valence-electron chi connectivity index (χ1n) is 6.91. The van der Waals surface area contributed by atoms with Crippen LogP contribution in [0.1, 0.15) is 18.1 Å². The van der Waals surface area contributed by atoms with Crippen LogP contribution in [0.5, 0.6) is 0 Å². The average Bonchev–Trinajstić information content (AvgIpc) is 2.47. The third-order valence-electron chi connectivity index (χ3n) is 3.39. The monoisotopic (exact) mass is 316 g/mol. The van der Waals surface area contributed by atoms with Crippen molar-refractivity contribution >= 4 is 40.3 Å². The van der Waals surface area contributed by atoms with Crippen molar-refractivity contribution in [3.05, 3.63) is 53.6 Å². The maximum Gasteiger partial charge on any atom is 0.107 e. The van der Waals surface area contributed by atoms with E-state index < -0.39 is 0 Å². The van der Waals surface area contributed by atoms with Crippen LogP contribution in [0.3, 0.4) is 0 Å². The Hall–Kier alpha value is -1.52. The van der Waals surface area contributed by atoms with Gasteiger partial charge in [-0.2, -0.15) is 0 Å². The van der Waals surface area contributed by atoms with Gasteiger partial charge in [-0.3, -0.25) is 0 Å². The standard InChI is InChI=1S/C17H20N2S2/c1-4-21-15-11-7-10-14(16(15)17(18)20)19(3)13-9-6-5-8-12(13)2/h5-11H,4H2,1-3H3,(H2,18,20). The van der Waals surface area contributed by atoms with E-state index in [4.69, 9.17) is 18.0 Å². The van der Waals surface area contributed by atoms with Gasteiger partial charge >= 0.3 is 0 Å². The van der Waals surface area contributed by atoms with E-state index in [1.54, 1.807) is 11.8 Å². The quantitative estimate of drug-likeness (QED) is 0.649. The van der Waals surface area contributed by atoms with Crippen LogP contribution in [0.4, 0.5) is 11.4 Å². The Morgan fingerprint density at radius 3 is 2.43 bits per heavy atom. The fourth-order valence-corrected chi connectivity index (χ4v) is 3.52. The van der Waals surface area contributed by atoms with E-state index in [9.17, 15) is 0 Å². The zero-order valence-electron chi connectivity index (χ0n) is 12.6. The van der Waals surface area contributed by atoms with Crippen LogP contribution in [-0.4, -0.2) is 17.8 Å². The van der Waals surface area contributed by atoms with Crippen LogP contribution in [0.25, 0.3) is 0 Å². The van der Waals surface area contributed by atoms with Gasteiger partial charge in [-0.15, -0.1) is 11.8 Å². The lowest BCUT2D eigenvalue weighted by atomic mass is 10.1. The minimum absolute atomic E-state index is 0.446. The highest BCUT2D eigenvalue weighted by molar-refractivity contribution is 7.99. The van der Waals surface area contributed by atoms with E-state index >= 15 is 0 Å². The lowest BCUT2D eigenvalue weighted by Crippen LogP contribution is -2.19. The minimum Gasteiger partial charge on any atom is -0.389 e. The van der Waals surface area contributed by atoms with Gasteiger partial charge in [-0.25, -0.2) is 0 Å². The van der Waals surface area contributed by atoms with Crippen LogP contribution in [0, 0.1) is 6.92 Å². The molecule has 2 nitrogen and oxygen atoms in total. The molecule has 110 valence electrons. The molecule has 0 aromatic heterocycles. The van der Waals surface area contributed by atoms with Crippen molar-refractivity contribution in [1.82, 2.24) is 0 Å². The normalized spacial score (nSPS) is 10.4. The van der Waals surface area contributed by atoms with Crippen LogP contribution < -0.4 is 10.6 Å². The summed E-state index contributed by atoms with van der Waals surface area (Å²) in [6.45, 7) is 4.24. The van der Waals surface area contributed by atoms with E-state index in [1.807, 2.05) is 12.1 Å². The van der Waals surface area contributed by atoms with E-state index in [-0.39, 0.29) is 0 Å². The summed E-state index contributed by atoms with van der Waals surface area (Å²) in [5.41, 5.74) is 10.4. The van der Waals surface area contributed by atoms with Crippen molar-refractivity contribution in [2.24, 2.45) is 5.73 Å². The maximum atomic E-state index is 5.99. The van der Waals surface area contributed by atoms with Crippen molar-refractivity contribution in [1.29, 1.82) is 0 Å². The number of aryl methyl sites for hydroxylation is 1. The molecule has 0 aliphatic heterocycles. The Kier molecular flexibility index (Phi) is 5.26. The van der Waals surface area contributed by atoms with Crippen molar-refractivity contribution in [3.63, 3.8) is 0 Å². The van der Waals surface area contributed by atoms with Gasteiger partial charge in [0.25, 0.3) is 0 Å². The number of para-hydroxylation sites is 1. The first-order valence-corrected chi connectivity index (χ1v) is 8.30. The van der Waals surface area contributed by atoms with Crippen LogP contribution in [-0.2, 0) is 0 Å². The third-order valence-corrected chi connectivity index (χ3v) is 4.53. The topological polar surface area (TPSA) is 29.3 Å². The van der Waals surface area contributed by atoms with E-state index in [0.29, 0.717) is 4.99 Å². The van der Waals surface area contributed by atoms with Gasteiger partial charge in [0, 0.05) is 23.2 Å². The summed E-state index contributed by atoms with van der Waals surface area (Å²) in [5, 5.41) is 0. The second kappa shape index (κ2) is 6.96. The maximum absolute atomic E-state index is 5.99. The number of hydrogen-bond acceptors (Lipinski definition) is 3. The molecule has 0 saturated heterocycles. The van der Waals surface area contributed by atoms with Gasteiger partial charge in [0.2, 0.25) is 0 Å². The summed E-state index contributed by atoms with van der Waals surface area (Å²) in [4.78, 5) is 3.74. The van der Waals surface area contributed by atoms with Crippen LogP contribution in [0.2, 0.25) is 0 Å². The summed E-state index contributed by atoms with van der Waals surface area (Å²) in [5.74, 6) is 0.993. The molecule has 2 aromatic rings. The Balaban J connectivity index is 2.55. The SMILES string of the molecule is CCSc1cccc(N(C)c2ccccc2C)c1C(N)=S. The van der Waals surface area contributed by atoms with Gasteiger partial charge in [0.15, 0.2) is 0 Å². The Morgan fingerprint density at radius 2 is 1.81 bits per heavy atom. The zero-order valence-corrected chi connectivity index (χ0v) is 14.2. The van der Waals surface area contributed by atoms with Crippen molar-refractivity contribution < 1.29 is 0 Å². The molecular weight excluding hydrogens is 296 g/mol. The highest BCUT2D eigenvalue weighted by Crippen LogP contribution is 2.34. The molecule has 0 heterocycles. The third kappa shape index (κ3) is 3.39. The predicted octanol–water partition coefficient (Wildman–Crippen LogP) is 4.51. The second-order valence-electron chi connectivity index (χ2n) is 4.79. The molecule has 0 spiro atoms. The number of rotatable bonds is 5. The number of anilines is 2. The average molecular weight is 316 g/mol. The Bertz CT molecular complexity index is 653. The molecule has 2 aromatic carbocycles. The van der Waals surface area contributed by atoms with Gasteiger partial charge in [-0.05, 0) is 36.4 Å². The summed E-state index contributed by atoms with van der Waals surface area (Å²) in [6, 6.07) is 14.5. The molecule has 4 heteroatoms. The summed E-state index contributed by atoms with van der Waals surface area (Å²) in [6.07, 6.45) is 0. The number of thiocarbonyl (C=S) groups is 1. The predicted molar refractivity (Wildman–Crippen MR) is 98.0 cm³/mol. The molecule has 2 rings (SSSR count). The van der Waals surface area contributed by atoms with Crippen LogP contribution in [0.15, 0.2) is 47.4 Å². The summed E-state index contributed by atoms with van der Waals surface area (Å²) >= 11 is 7.06. The molecule has 0 aliphatic carbocycles. The molecule has 0 aliphatic rings.